The third-order valence-corrected chi connectivity index (χ3v) is 10.2. The summed E-state index contributed by atoms with van der Waals surface area (Å²) in [5, 5.41) is 0. The molecule has 0 N–H and O–H groups in total. The molecule has 1 atom stereocenters. The predicted octanol–water partition coefficient (Wildman–Crippen LogP) is 16.2. The molecule has 0 spiro atoms. The van der Waals surface area contributed by atoms with E-state index in [1.54, 1.807) is 0 Å². The number of esters is 3. The Hall–Kier alpha value is -3.67. The lowest BCUT2D eigenvalue weighted by Crippen LogP contribution is -2.30. The van der Waals surface area contributed by atoms with Crippen LogP contribution in [0.2, 0.25) is 0 Å². The third kappa shape index (κ3) is 47.2. The maximum atomic E-state index is 12.7. The molecule has 0 aromatic carbocycles. The Morgan fingerprint density at radius 1 is 0.361 bits per heavy atom. The largest absolute Gasteiger partial charge is 0.462 e. The highest BCUT2D eigenvalue weighted by atomic mass is 16.6. The van der Waals surface area contributed by atoms with Gasteiger partial charge >= 0.3 is 17.9 Å². The molecule has 0 aliphatic heterocycles. The van der Waals surface area contributed by atoms with E-state index in [4.69, 9.17) is 14.2 Å². The highest BCUT2D eigenvalue weighted by Crippen LogP contribution is 2.13. The summed E-state index contributed by atoms with van der Waals surface area (Å²) in [6.07, 6.45) is 64.1. The molecule has 0 aliphatic carbocycles. The van der Waals surface area contributed by atoms with Crippen LogP contribution in [0.15, 0.2) is 97.2 Å². The molecule has 61 heavy (non-hydrogen) atoms. The van der Waals surface area contributed by atoms with Crippen LogP contribution in [0.3, 0.4) is 0 Å². The lowest BCUT2D eigenvalue weighted by Gasteiger charge is -2.18. The fourth-order valence-corrected chi connectivity index (χ4v) is 6.49. The van der Waals surface area contributed by atoms with Gasteiger partial charge in [-0.2, -0.15) is 0 Å². The van der Waals surface area contributed by atoms with Gasteiger partial charge in [-0.25, -0.2) is 0 Å². The number of hydrogen-bond donors (Lipinski definition) is 0. The molecule has 6 heteroatoms. The van der Waals surface area contributed by atoms with Gasteiger partial charge in [0.1, 0.15) is 13.2 Å². The van der Waals surface area contributed by atoms with Crippen molar-refractivity contribution in [1.29, 1.82) is 0 Å². The second-order valence-corrected chi connectivity index (χ2v) is 16.1. The number of unbranched alkanes of at least 4 members (excludes halogenated alkanes) is 20. The quantitative estimate of drug-likeness (QED) is 0.0200. The lowest BCUT2D eigenvalue weighted by molar-refractivity contribution is -0.167. The molecule has 0 fully saturated rings. The summed E-state index contributed by atoms with van der Waals surface area (Å²) in [4.78, 5) is 37.8. The smallest absolute Gasteiger partial charge is 0.306 e. The van der Waals surface area contributed by atoms with E-state index in [1.165, 1.54) is 89.9 Å². The van der Waals surface area contributed by atoms with Gasteiger partial charge in [0.15, 0.2) is 6.10 Å². The Bertz CT molecular complexity index is 1250. The second-order valence-electron chi connectivity index (χ2n) is 16.1. The zero-order valence-electron chi connectivity index (χ0n) is 39.4. The van der Waals surface area contributed by atoms with Crippen LogP contribution in [-0.2, 0) is 28.6 Å². The molecular formula is C55H90O6. The molecule has 0 aromatic heterocycles. The van der Waals surface area contributed by atoms with Crippen molar-refractivity contribution in [2.45, 2.75) is 219 Å². The van der Waals surface area contributed by atoms with Crippen molar-refractivity contribution >= 4 is 17.9 Å². The average Bonchev–Trinajstić information content (AvgIpc) is 3.26. The predicted molar refractivity (Wildman–Crippen MR) is 260 cm³/mol. The third-order valence-electron chi connectivity index (χ3n) is 10.2. The minimum absolute atomic E-state index is 0.109. The number of hydrogen-bond acceptors (Lipinski definition) is 6. The average molecular weight is 847 g/mol. The molecule has 6 nitrogen and oxygen atoms in total. The molecule has 0 saturated carbocycles. The van der Waals surface area contributed by atoms with E-state index in [0.717, 1.165) is 77.0 Å². The van der Waals surface area contributed by atoms with Crippen LogP contribution in [0.5, 0.6) is 0 Å². The summed E-state index contributed by atoms with van der Waals surface area (Å²) < 4.78 is 16.7. The van der Waals surface area contributed by atoms with E-state index in [1.807, 2.05) is 48.6 Å². The number of ether oxygens (including phenoxy) is 3. The van der Waals surface area contributed by atoms with Gasteiger partial charge in [0.05, 0.1) is 0 Å². The molecule has 346 valence electrons. The van der Waals surface area contributed by atoms with Gasteiger partial charge in [0.2, 0.25) is 0 Å². The zero-order valence-corrected chi connectivity index (χ0v) is 39.4. The number of allylic oxidation sites excluding steroid dienone is 16. The zero-order chi connectivity index (χ0) is 44.4. The highest BCUT2D eigenvalue weighted by Gasteiger charge is 2.19. The van der Waals surface area contributed by atoms with Crippen LogP contribution in [0.4, 0.5) is 0 Å². The van der Waals surface area contributed by atoms with Gasteiger partial charge < -0.3 is 14.2 Å². The van der Waals surface area contributed by atoms with Crippen molar-refractivity contribution < 1.29 is 28.6 Å². The van der Waals surface area contributed by atoms with Crippen molar-refractivity contribution in [2.24, 2.45) is 0 Å². The van der Waals surface area contributed by atoms with Crippen LogP contribution in [0, 0.1) is 0 Å². The van der Waals surface area contributed by atoms with Crippen LogP contribution in [0.25, 0.3) is 0 Å². The van der Waals surface area contributed by atoms with Crippen molar-refractivity contribution in [3.63, 3.8) is 0 Å². The normalized spacial score (nSPS) is 12.9. The van der Waals surface area contributed by atoms with Crippen LogP contribution < -0.4 is 0 Å². The fraction of sp³-hybridized carbons (Fsp3) is 0.655. The minimum Gasteiger partial charge on any atom is -0.462 e. The van der Waals surface area contributed by atoms with E-state index in [0.29, 0.717) is 19.3 Å². The van der Waals surface area contributed by atoms with E-state index >= 15 is 0 Å². The summed E-state index contributed by atoms with van der Waals surface area (Å²) in [6, 6.07) is 0. The number of carbonyl (C=O) groups is 3. The maximum absolute atomic E-state index is 12.7. The molecule has 0 saturated heterocycles. The first-order valence-electron chi connectivity index (χ1n) is 24.8. The first-order valence-corrected chi connectivity index (χ1v) is 24.8. The summed E-state index contributed by atoms with van der Waals surface area (Å²) >= 11 is 0. The van der Waals surface area contributed by atoms with Gasteiger partial charge in [-0.15, -0.1) is 0 Å². The van der Waals surface area contributed by atoms with Crippen molar-refractivity contribution in [3.8, 4) is 0 Å². The van der Waals surface area contributed by atoms with Crippen LogP contribution >= 0.6 is 0 Å². The molecule has 0 amide bonds. The molecule has 1 unspecified atom stereocenters. The van der Waals surface area contributed by atoms with Gasteiger partial charge in [-0.1, -0.05) is 201 Å². The highest BCUT2D eigenvalue weighted by molar-refractivity contribution is 5.71. The molecule has 0 aliphatic rings. The lowest BCUT2D eigenvalue weighted by atomic mass is 10.1. The SMILES string of the molecule is CC\C=C/C=C\C=C/C=C\C=C/CCCCCC(=O)OC(COC(=O)CCCC/C=C\C/C=C\CC)COC(=O)CCCCCCCCC/C=C\CCCCCCCCCC. The van der Waals surface area contributed by atoms with E-state index in [-0.39, 0.29) is 37.5 Å². The van der Waals surface area contributed by atoms with Gasteiger partial charge in [0, 0.05) is 19.3 Å². The van der Waals surface area contributed by atoms with E-state index in [9.17, 15) is 14.4 Å². The summed E-state index contributed by atoms with van der Waals surface area (Å²) in [5.74, 6) is -1.000. The van der Waals surface area contributed by atoms with Gasteiger partial charge in [-0.3, -0.25) is 14.4 Å². The molecule has 0 rings (SSSR count). The van der Waals surface area contributed by atoms with Gasteiger partial charge in [-0.05, 0) is 89.9 Å². The first-order chi connectivity index (χ1) is 30.0. The Balaban J connectivity index is 4.41. The standard InChI is InChI=1S/C55H90O6/c1-4-7-10-13-16-19-21-23-25-26-27-28-30-31-33-36-39-42-45-48-54(57)60-51-52(50-59-53(56)47-44-41-38-35-18-15-12-9-6-3)61-55(58)49-46-43-40-37-34-32-29-24-22-20-17-14-11-8-5-2/h8-9,11-12,14,17-18,20,22,24,26-27,29,32,34-35,52H,4-7,10,13,15-16,19,21,23,25,28,30-31,33,36-51H2,1-3H3/b11-8-,12-9-,17-14-,22-20-,27-26-,29-24-,34-32-,35-18-. The summed E-state index contributed by atoms with van der Waals surface area (Å²) in [6.45, 7) is 6.28. The van der Waals surface area contributed by atoms with E-state index in [2.05, 4.69) is 69.4 Å². The molecule has 0 radical (unpaired) electrons. The van der Waals surface area contributed by atoms with Crippen molar-refractivity contribution in [3.05, 3.63) is 97.2 Å². The molecule has 0 bridgehead atoms. The maximum Gasteiger partial charge on any atom is 0.306 e. The van der Waals surface area contributed by atoms with Crippen molar-refractivity contribution in [1.82, 2.24) is 0 Å². The molecule has 0 aromatic rings. The van der Waals surface area contributed by atoms with Gasteiger partial charge in [0.25, 0.3) is 0 Å². The fourth-order valence-electron chi connectivity index (χ4n) is 6.49. The van der Waals surface area contributed by atoms with E-state index < -0.39 is 6.10 Å². The Kier molecular flexibility index (Phi) is 46.0. The van der Waals surface area contributed by atoms with Crippen LogP contribution in [0.1, 0.15) is 213 Å². The number of carbonyl (C=O) groups excluding carboxylic acids is 3. The number of rotatable bonds is 43. The summed E-state index contributed by atoms with van der Waals surface area (Å²) in [5.41, 5.74) is 0. The Labute approximate surface area is 375 Å². The minimum atomic E-state index is -0.813. The Morgan fingerprint density at radius 2 is 0.721 bits per heavy atom. The van der Waals surface area contributed by atoms with Crippen molar-refractivity contribution in [2.75, 3.05) is 13.2 Å². The Morgan fingerprint density at radius 3 is 1.25 bits per heavy atom. The first kappa shape index (κ1) is 57.3. The topological polar surface area (TPSA) is 78.9 Å². The molecule has 0 heterocycles. The molecular weight excluding hydrogens is 757 g/mol. The van der Waals surface area contributed by atoms with Crippen LogP contribution in [-0.4, -0.2) is 37.2 Å². The second kappa shape index (κ2) is 49.0. The summed E-state index contributed by atoms with van der Waals surface area (Å²) in [7, 11) is 0. The monoisotopic (exact) mass is 847 g/mol.